The predicted molar refractivity (Wildman–Crippen MR) is 112 cm³/mol. The van der Waals surface area contributed by atoms with Crippen molar-refractivity contribution in [2.75, 3.05) is 51.5 Å². The molecular formula is C14H31IN4O2S2. The third-order valence-electron chi connectivity index (χ3n) is 3.89. The number of nitrogens with one attached hydrogen (secondary N) is 2. The zero-order valence-corrected chi connectivity index (χ0v) is 18.3. The van der Waals surface area contributed by atoms with Crippen LogP contribution in [0.25, 0.3) is 0 Å². The number of halogens is 1. The Morgan fingerprint density at radius 3 is 2.43 bits per heavy atom. The fourth-order valence-corrected chi connectivity index (χ4v) is 3.85. The second-order valence-electron chi connectivity index (χ2n) is 5.69. The van der Waals surface area contributed by atoms with Crippen molar-refractivity contribution in [1.29, 1.82) is 0 Å². The van der Waals surface area contributed by atoms with Crippen molar-refractivity contribution in [3.05, 3.63) is 0 Å². The molecule has 2 N–H and O–H groups in total. The largest absolute Gasteiger partial charge is 0.356 e. The molecule has 1 aliphatic rings. The van der Waals surface area contributed by atoms with Crippen molar-refractivity contribution in [2.45, 2.75) is 25.7 Å². The Labute approximate surface area is 162 Å². The molecule has 1 rings (SSSR count). The second kappa shape index (κ2) is 12.6. The van der Waals surface area contributed by atoms with Crippen molar-refractivity contribution in [3.8, 4) is 0 Å². The van der Waals surface area contributed by atoms with Crippen LogP contribution in [0.5, 0.6) is 0 Å². The summed E-state index contributed by atoms with van der Waals surface area (Å²) >= 11 is 1.88. The molecule has 6 nitrogen and oxygen atoms in total. The zero-order chi connectivity index (χ0) is 16.4. The van der Waals surface area contributed by atoms with E-state index in [1.807, 2.05) is 11.8 Å². The van der Waals surface area contributed by atoms with Crippen molar-refractivity contribution >= 4 is 51.7 Å². The van der Waals surface area contributed by atoms with Gasteiger partial charge in [-0.25, -0.2) is 12.7 Å². The molecule has 0 aromatic heterocycles. The minimum absolute atomic E-state index is 0. The minimum Gasteiger partial charge on any atom is -0.356 e. The lowest BCUT2D eigenvalue weighted by Crippen LogP contribution is -2.44. The molecule has 0 bridgehead atoms. The van der Waals surface area contributed by atoms with Gasteiger partial charge in [0.2, 0.25) is 10.0 Å². The van der Waals surface area contributed by atoms with E-state index in [9.17, 15) is 8.42 Å². The highest BCUT2D eigenvalue weighted by molar-refractivity contribution is 14.0. The lowest BCUT2D eigenvalue weighted by Gasteiger charge is -2.30. The SMILES string of the molecule is CN=C(NCCCCSC)NCC1CCN(S(C)(=O)=O)CC1.I. The van der Waals surface area contributed by atoms with Crippen molar-refractivity contribution < 1.29 is 8.42 Å². The maximum Gasteiger partial charge on any atom is 0.211 e. The molecule has 0 amide bonds. The number of hydrogen-bond acceptors (Lipinski definition) is 4. The molecule has 1 fully saturated rings. The Morgan fingerprint density at radius 1 is 1.26 bits per heavy atom. The summed E-state index contributed by atoms with van der Waals surface area (Å²) < 4.78 is 24.5. The summed E-state index contributed by atoms with van der Waals surface area (Å²) in [5, 5.41) is 6.67. The number of rotatable bonds is 8. The van der Waals surface area contributed by atoms with Gasteiger partial charge in [-0.05, 0) is 43.6 Å². The van der Waals surface area contributed by atoms with E-state index in [4.69, 9.17) is 0 Å². The molecule has 0 saturated carbocycles. The summed E-state index contributed by atoms with van der Waals surface area (Å²) in [4.78, 5) is 4.23. The average Bonchev–Trinajstić information content (AvgIpc) is 2.49. The number of hydrogen-bond donors (Lipinski definition) is 2. The second-order valence-corrected chi connectivity index (χ2v) is 8.65. The topological polar surface area (TPSA) is 73.8 Å². The quantitative estimate of drug-likeness (QED) is 0.240. The van der Waals surface area contributed by atoms with Gasteiger partial charge in [-0.15, -0.1) is 24.0 Å². The fraction of sp³-hybridized carbons (Fsp3) is 0.929. The van der Waals surface area contributed by atoms with Gasteiger partial charge >= 0.3 is 0 Å². The summed E-state index contributed by atoms with van der Waals surface area (Å²) in [6, 6.07) is 0. The van der Waals surface area contributed by atoms with Gasteiger partial charge < -0.3 is 10.6 Å². The highest BCUT2D eigenvalue weighted by atomic mass is 127. The Balaban J connectivity index is 0.00000484. The van der Waals surface area contributed by atoms with Crippen LogP contribution in [0.3, 0.4) is 0 Å². The number of piperidine rings is 1. The molecule has 0 aliphatic carbocycles. The Bertz CT molecular complexity index is 438. The van der Waals surface area contributed by atoms with Crippen LogP contribution in [0.1, 0.15) is 25.7 Å². The van der Waals surface area contributed by atoms with Crippen LogP contribution in [0.15, 0.2) is 4.99 Å². The van der Waals surface area contributed by atoms with E-state index in [1.54, 1.807) is 11.4 Å². The van der Waals surface area contributed by atoms with Gasteiger partial charge in [-0.1, -0.05) is 0 Å². The number of sulfonamides is 1. The zero-order valence-electron chi connectivity index (χ0n) is 14.4. The standard InChI is InChI=1S/C14H30N4O2S2.HI/c1-15-14(16-8-4-5-11-21-2)17-12-13-6-9-18(10-7-13)22(3,19)20;/h13H,4-12H2,1-3H3,(H2,15,16,17);1H. The van der Waals surface area contributed by atoms with Gasteiger partial charge in [0.1, 0.15) is 0 Å². The van der Waals surface area contributed by atoms with Crippen LogP contribution >= 0.6 is 35.7 Å². The van der Waals surface area contributed by atoms with Crippen molar-refractivity contribution in [3.63, 3.8) is 0 Å². The molecule has 1 saturated heterocycles. The van der Waals surface area contributed by atoms with E-state index in [2.05, 4.69) is 21.9 Å². The lowest BCUT2D eigenvalue weighted by atomic mass is 9.98. The lowest BCUT2D eigenvalue weighted by molar-refractivity contribution is 0.275. The highest BCUT2D eigenvalue weighted by Crippen LogP contribution is 2.18. The fourth-order valence-electron chi connectivity index (χ4n) is 2.48. The summed E-state index contributed by atoms with van der Waals surface area (Å²) in [5.74, 6) is 2.55. The molecule has 23 heavy (non-hydrogen) atoms. The summed E-state index contributed by atoms with van der Waals surface area (Å²) in [5.41, 5.74) is 0. The van der Waals surface area contributed by atoms with E-state index < -0.39 is 10.0 Å². The van der Waals surface area contributed by atoms with Gasteiger partial charge in [0.25, 0.3) is 0 Å². The number of aliphatic imine (C=N–C) groups is 1. The van der Waals surface area contributed by atoms with Crippen LogP contribution in [0, 0.1) is 5.92 Å². The van der Waals surface area contributed by atoms with Crippen molar-refractivity contribution in [1.82, 2.24) is 14.9 Å². The van der Waals surface area contributed by atoms with E-state index in [0.717, 1.165) is 38.3 Å². The van der Waals surface area contributed by atoms with Crippen LogP contribution < -0.4 is 10.6 Å². The molecule has 9 heteroatoms. The van der Waals surface area contributed by atoms with E-state index >= 15 is 0 Å². The number of thioether (sulfide) groups is 1. The molecule has 0 unspecified atom stereocenters. The predicted octanol–water partition coefficient (Wildman–Crippen LogP) is 1.58. The molecule has 138 valence electrons. The maximum absolute atomic E-state index is 11.5. The first kappa shape index (κ1) is 23.3. The Morgan fingerprint density at radius 2 is 1.91 bits per heavy atom. The molecule has 0 radical (unpaired) electrons. The highest BCUT2D eigenvalue weighted by Gasteiger charge is 2.24. The molecule has 0 aromatic rings. The molecule has 0 aromatic carbocycles. The van der Waals surface area contributed by atoms with Crippen LogP contribution in [0.2, 0.25) is 0 Å². The maximum atomic E-state index is 11.5. The van der Waals surface area contributed by atoms with Gasteiger partial charge in [0.15, 0.2) is 5.96 Å². The molecule has 1 heterocycles. The third-order valence-corrected chi connectivity index (χ3v) is 5.89. The first-order valence-corrected chi connectivity index (χ1v) is 11.1. The van der Waals surface area contributed by atoms with E-state index in [0.29, 0.717) is 19.0 Å². The summed E-state index contributed by atoms with van der Waals surface area (Å²) in [7, 11) is -1.25. The van der Waals surface area contributed by atoms with Crippen LogP contribution in [-0.4, -0.2) is 70.2 Å². The average molecular weight is 478 g/mol. The smallest absolute Gasteiger partial charge is 0.211 e. The van der Waals surface area contributed by atoms with Gasteiger partial charge in [0, 0.05) is 33.2 Å². The van der Waals surface area contributed by atoms with Gasteiger partial charge in [0.05, 0.1) is 6.26 Å². The van der Waals surface area contributed by atoms with Crippen molar-refractivity contribution in [2.24, 2.45) is 10.9 Å². The normalized spacial score (nSPS) is 17.6. The van der Waals surface area contributed by atoms with Crippen LogP contribution in [0.4, 0.5) is 0 Å². The van der Waals surface area contributed by atoms with Gasteiger partial charge in [-0.2, -0.15) is 11.8 Å². The molecule has 1 aliphatic heterocycles. The number of guanidine groups is 1. The van der Waals surface area contributed by atoms with Gasteiger partial charge in [-0.3, -0.25) is 4.99 Å². The molecule has 0 atom stereocenters. The Hall–Kier alpha value is 0.260. The Kier molecular flexibility index (Phi) is 12.7. The summed E-state index contributed by atoms with van der Waals surface area (Å²) in [6.45, 7) is 3.05. The van der Waals surface area contributed by atoms with E-state index in [1.165, 1.54) is 18.4 Å². The number of unbranched alkanes of at least 4 members (excludes halogenated alkanes) is 1. The number of nitrogens with zero attached hydrogens (tertiary/aromatic N) is 2. The first-order valence-electron chi connectivity index (χ1n) is 7.86. The monoisotopic (exact) mass is 478 g/mol. The van der Waals surface area contributed by atoms with Crippen LogP contribution in [-0.2, 0) is 10.0 Å². The first-order chi connectivity index (χ1) is 10.5. The van der Waals surface area contributed by atoms with E-state index in [-0.39, 0.29) is 24.0 Å². The molecule has 0 spiro atoms. The summed E-state index contributed by atoms with van der Waals surface area (Å²) in [6.07, 6.45) is 7.59. The molecular weight excluding hydrogens is 447 g/mol. The minimum atomic E-state index is -3.03. The third kappa shape index (κ3) is 9.98.